The van der Waals surface area contributed by atoms with Crippen LogP contribution in [0.25, 0.3) is 0 Å². The van der Waals surface area contributed by atoms with E-state index in [1.165, 1.54) is 12.1 Å². The molecule has 1 aromatic carbocycles. The Labute approximate surface area is 122 Å². The molecule has 0 amide bonds. The van der Waals surface area contributed by atoms with Crippen molar-refractivity contribution >= 4 is 27.3 Å². The van der Waals surface area contributed by atoms with Crippen molar-refractivity contribution in [1.82, 2.24) is 4.72 Å². The zero-order chi connectivity index (χ0) is 15.0. The van der Waals surface area contributed by atoms with Crippen LogP contribution in [0.5, 0.6) is 0 Å². The summed E-state index contributed by atoms with van der Waals surface area (Å²) in [6.07, 6.45) is -0.0666. The first kappa shape index (κ1) is 15.5. The van der Waals surface area contributed by atoms with Crippen molar-refractivity contribution in [2.75, 3.05) is 18.9 Å². The largest absolute Gasteiger partial charge is 0.398 e. The molecule has 20 heavy (non-hydrogen) atoms. The fourth-order valence-corrected chi connectivity index (χ4v) is 3.88. The average molecular weight is 321 g/mol. The van der Waals surface area contributed by atoms with E-state index in [9.17, 15) is 13.5 Å². The topological polar surface area (TPSA) is 102 Å². The van der Waals surface area contributed by atoms with Gasteiger partial charge < -0.3 is 15.6 Å². The summed E-state index contributed by atoms with van der Waals surface area (Å²) in [6, 6.07) is 4.47. The highest BCUT2D eigenvalue weighted by atomic mass is 35.5. The number of halogens is 1. The molecule has 112 valence electrons. The second-order valence-electron chi connectivity index (χ2n) is 4.85. The third-order valence-corrected chi connectivity index (χ3v) is 5.44. The first-order valence-electron chi connectivity index (χ1n) is 6.14. The molecule has 1 aromatic rings. The minimum atomic E-state index is -3.89. The SMILES string of the molecule is CC1OCCC1(O)CNS(=O)(=O)c1c(N)cccc1Cl. The summed E-state index contributed by atoms with van der Waals surface area (Å²) >= 11 is 5.89. The van der Waals surface area contributed by atoms with Crippen LogP contribution in [0.15, 0.2) is 23.1 Å². The fraction of sp³-hybridized carbons (Fsp3) is 0.500. The van der Waals surface area contributed by atoms with Crippen molar-refractivity contribution in [1.29, 1.82) is 0 Å². The molecule has 4 N–H and O–H groups in total. The number of nitrogen functional groups attached to an aromatic ring is 1. The molecule has 0 aliphatic carbocycles. The normalized spacial score (nSPS) is 26.9. The Balaban J connectivity index is 2.20. The maximum atomic E-state index is 12.3. The number of sulfonamides is 1. The predicted molar refractivity (Wildman–Crippen MR) is 76.0 cm³/mol. The van der Waals surface area contributed by atoms with Crippen LogP contribution in [0.4, 0.5) is 5.69 Å². The Morgan fingerprint density at radius 1 is 1.60 bits per heavy atom. The second kappa shape index (κ2) is 5.50. The van der Waals surface area contributed by atoms with E-state index in [1.54, 1.807) is 13.0 Å². The van der Waals surface area contributed by atoms with E-state index < -0.39 is 21.7 Å². The Hall–Kier alpha value is -0.860. The lowest BCUT2D eigenvalue weighted by atomic mass is 9.97. The fourth-order valence-electron chi connectivity index (χ4n) is 2.10. The number of hydrogen-bond acceptors (Lipinski definition) is 5. The molecule has 0 radical (unpaired) electrons. The number of rotatable bonds is 4. The summed E-state index contributed by atoms with van der Waals surface area (Å²) < 4.78 is 32.1. The van der Waals surface area contributed by atoms with Gasteiger partial charge in [-0.15, -0.1) is 0 Å². The Kier molecular flexibility index (Phi) is 4.27. The summed E-state index contributed by atoms with van der Waals surface area (Å²) in [6.45, 7) is 1.94. The van der Waals surface area contributed by atoms with E-state index in [0.717, 1.165) is 0 Å². The zero-order valence-corrected chi connectivity index (χ0v) is 12.5. The summed E-state index contributed by atoms with van der Waals surface area (Å²) in [7, 11) is -3.89. The molecule has 6 nitrogen and oxygen atoms in total. The van der Waals surface area contributed by atoms with Crippen LogP contribution < -0.4 is 10.5 Å². The molecule has 1 heterocycles. The van der Waals surface area contributed by atoms with Gasteiger partial charge in [-0.05, 0) is 19.1 Å². The lowest BCUT2D eigenvalue weighted by molar-refractivity contribution is -0.0228. The molecule has 8 heteroatoms. The molecule has 0 spiro atoms. The van der Waals surface area contributed by atoms with Crippen molar-refractivity contribution < 1.29 is 18.3 Å². The minimum Gasteiger partial charge on any atom is -0.398 e. The Bertz CT molecular complexity index is 587. The maximum Gasteiger partial charge on any atom is 0.244 e. The molecular weight excluding hydrogens is 304 g/mol. The number of nitrogens with one attached hydrogen (secondary N) is 1. The zero-order valence-electron chi connectivity index (χ0n) is 11.0. The van der Waals surface area contributed by atoms with Gasteiger partial charge in [0.05, 0.1) is 16.8 Å². The van der Waals surface area contributed by atoms with Gasteiger partial charge >= 0.3 is 0 Å². The van der Waals surface area contributed by atoms with Gasteiger partial charge in [-0.2, -0.15) is 0 Å². The molecule has 0 bridgehead atoms. The lowest BCUT2D eigenvalue weighted by Gasteiger charge is -2.26. The van der Waals surface area contributed by atoms with Gasteiger partial charge in [0.2, 0.25) is 10.0 Å². The lowest BCUT2D eigenvalue weighted by Crippen LogP contribution is -2.47. The number of ether oxygens (including phenoxy) is 1. The van der Waals surface area contributed by atoms with Gasteiger partial charge in [0.25, 0.3) is 0 Å². The molecule has 0 aromatic heterocycles. The van der Waals surface area contributed by atoms with Crippen LogP contribution in [0.2, 0.25) is 5.02 Å². The van der Waals surface area contributed by atoms with Crippen LogP contribution >= 0.6 is 11.6 Å². The number of anilines is 1. The van der Waals surface area contributed by atoms with Crippen molar-refractivity contribution in [3.63, 3.8) is 0 Å². The average Bonchev–Trinajstić information content (AvgIpc) is 2.68. The van der Waals surface area contributed by atoms with Crippen LogP contribution in [0.1, 0.15) is 13.3 Å². The third-order valence-electron chi connectivity index (χ3n) is 3.49. The van der Waals surface area contributed by atoms with E-state index in [2.05, 4.69) is 4.72 Å². The molecule has 2 unspecified atom stereocenters. The van der Waals surface area contributed by atoms with Gasteiger partial charge in [0.15, 0.2) is 0 Å². The highest BCUT2D eigenvalue weighted by molar-refractivity contribution is 7.89. The van der Waals surface area contributed by atoms with E-state index in [0.29, 0.717) is 13.0 Å². The molecule has 1 aliphatic heterocycles. The standard InChI is InChI=1S/C12H17ClN2O4S/c1-8-12(16,5-6-19-8)7-15-20(17,18)11-9(13)3-2-4-10(11)14/h2-4,8,15-16H,5-7,14H2,1H3. The molecule has 2 atom stereocenters. The molecule has 2 rings (SSSR count). The van der Waals surface area contributed by atoms with Crippen molar-refractivity contribution in [2.24, 2.45) is 0 Å². The first-order valence-corrected chi connectivity index (χ1v) is 8.00. The summed E-state index contributed by atoms with van der Waals surface area (Å²) in [5, 5.41) is 10.3. The molecular formula is C12H17ClN2O4S. The maximum absolute atomic E-state index is 12.3. The second-order valence-corrected chi connectivity index (χ2v) is 6.96. The van der Waals surface area contributed by atoms with Gasteiger partial charge in [0.1, 0.15) is 10.5 Å². The van der Waals surface area contributed by atoms with E-state index in [4.69, 9.17) is 22.1 Å². The van der Waals surface area contributed by atoms with Gasteiger partial charge in [-0.25, -0.2) is 13.1 Å². The third kappa shape index (κ3) is 2.91. The van der Waals surface area contributed by atoms with Gasteiger partial charge in [-0.3, -0.25) is 0 Å². The quantitative estimate of drug-likeness (QED) is 0.710. The van der Waals surface area contributed by atoms with E-state index in [-0.39, 0.29) is 22.2 Å². The minimum absolute atomic E-state index is 0.0419. The summed E-state index contributed by atoms with van der Waals surface area (Å²) in [4.78, 5) is -0.170. The Morgan fingerprint density at radius 2 is 2.30 bits per heavy atom. The smallest absolute Gasteiger partial charge is 0.244 e. The number of aliphatic hydroxyl groups is 1. The molecule has 0 saturated carbocycles. The molecule has 1 saturated heterocycles. The number of nitrogens with two attached hydrogens (primary N) is 1. The Morgan fingerprint density at radius 3 is 2.85 bits per heavy atom. The highest BCUT2D eigenvalue weighted by Gasteiger charge is 2.40. The van der Waals surface area contributed by atoms with Crippen LogP contribution in [0, 0.1) is 0 Å². The van der Waals surface area contributed by atoms with E-state index in [1.807, 2.05) is 0 Å². The van der Waals surface area contributed by atoms with Crippen molar-refractivity contribution in [2.45, 2.75) is 29.9 Å². The monoisotopic (exact) mass is 320 g/mol. The van der Waals surface area contributed by atoms with Crippen LogP contribution in [-0.4, -0.2) is 38.4 Å². The van der Waals surface area contributed by atoms with Gasteiger partial charge in [-0.1, -0.05) is 17.7 Å². The van der Waals surface area contributed by atoms with E-state index >= 15 is 0 Å². The number of hydrogen-bond donors (Lipinski definition) is 3. The van der Waals surface area contributed by atoms with Crippen molar-refractivity contribution in [3.05, 3.63) is 23.2 Å². The molecule has 1 aliphatic rings. The van der Waals surface area contributed by atoms with Gasteiger partial charge in [0, 0.05) is 19.6 Å². The molecule has 1 fully saturated rings. The summed E-state index contributed by atoms with van der Waals surface area (Å²) in [5.41, 5.74) is 4.50. The predicted octanol–water partition coefficient (Wildman–Crippen LogP) is 0.740. The number of benzene rings is 1. The van der Waals surface area contributed by atoms with Crippen LogP contribution in [0.3, 0.4) is 0 Å². The highest BCUT2D eigenvalue weighted by Crippen LogP contribution is 2.29. The van der Waals surface area contributed by atoms with Crippen LogP contribution in [-0.2, 0) is 14.8 Å². The summed E-state index contributed by atoms with van der Waals surface area (Å²) in [5.74, 6) is 0. The van der Waals surface area contributed by atoms with Crippen molar-refractivity contribution in [3.8, 4) is 0 Å². The first-order chi connectivity index (χ1) is 9.26.